The van der Waals surface area contributed by atoms with Gasteiger partial charge in [0.05, 0.1) is 5.52 Å². The number of Topliss-reactive ketones (excluding diaryl/α,β-unsaturated/α-hetero) is 1. The van der Waals surface area contributed by atoms with Crippen LogP contribution in [0.2, 0.25) is 0 Å². The predicted octanol–water partition coefficient (Wildman–Crippen LogP) is 1.31. The van der Waals surface area contributed by atoms with E-state index in [4.69, 9.17) is 4.42 Å². The van der Waals surface area contributed by atoms with Gasteiger partial charge in [-0.25, -0.2) is 4.79 Å². The fourth-order valence-electron chi connectivity index (χ4n) is 2.57. The van der Waals surface area contributed by atoms with Crippen LogP contribution in [0.15, 0.2) is 27.4 Å². The van der Waals surface area contributed by atoms with Crippen molar-refractivity contribution in [2.45, 2.75) is 12.8 Å². The van der Waals surface area contributed by atoms with E-state index in [0.29, 0.717) is 29.0 Å². The molecule has 1 N–H and O–H groups in total. The Morgan fingerprint density at radius 2 is 2.37 bits per heavy atom. The molecule has 0 spiro atoms. The average molecular weight is 260 g/mol. The Balaban J connectivity index is 1.89. The minimum atomic E-state index is -0.403. The van der Waals surface area contributed by atoms with Crippen LogP contribution in [-0.4, -0.2) is 23.4 Å². The molecule has 0 radical (unpaired) electrons. The standard InChI is InChI=1S/C14H16N2O3/c1-16-11-7-10(2-3-13(11)19-14(16)18)12(17)6-9-4-5-15-8-9/h2-3,7,9,15H,4-6,8H2,1H3. The maximum absolute atomic E-state index is 12.2. The van der Waals surface area contributed by atoms with Gasteiger partial charge in [-0.05, 0) is 43.6 Å². The van der Waals surface area contributed by atoms with E-state index >= 15 is 0 Å². The van der Waals surface area contributed by atoms with Crippen molar-refractivity contribution >= 4 is 16.9 Å². The second-order valence-electron chi connectivity index (χ2n) is 5.10. The van der Waals surface area contributed by atoms with Crippen molar-refractivity contribution in [1.82, 2.24) is 9.88 Å². The Kier molecular flexibility index (Phi) is 2.98. The molecule has 2 heterocycles. The summed E-state index contributed by atoms with van der Waals surface area (Å²) in [5, 5.41) is 3.26. The number of oxazole rings is 1. The predicted molar refractivity (Wildman–Crippen MR) is 71.4 cm³/mol. The van der Waals surface area contributed by atoms with Crippen molar-refractivity contribution in [3.05, 3.63) is 34.3 Å². The van der Waals surface area contributed by atoms with Gasteiger partial charge < -0.3 is 9.73 Å². The Labute approximate surface area is 110 Å². The first-order chi connectivity index (χ1) is 9.15. The molecule has 1 aliphatic heterocycles. The van der Waals surface area contributed by atoms with Crippen LogP contribution in [0.5, 0.6) is 0 Å². The molecule has 3 rings (SSSR count). The molecule has 100 valence electrons. The molecular weight excluding hydrogens is 244 g/mol. The van der Waals surface area contributed by atoms with Crippen LogP contribution in [0, 0.1) is 5.92 Å². The topological polar surface area (TPSA) is 64.2 Å². The molecule has 1 aromatic carbocycles. The quantitative estimate of drug-likeness (QED) is 0.845. The lowest BCUT2D eigenvalue weighted by Gasteiger charge is -2.07. The first kappa shape index (κ1) is 12.2. The van der Waals surface area contributed by atoms with E-state index in [1.54, 1.807) is 25.2 Å². The summed E-state index contributed by atoms with van der Waals surface area (Å²) in [5.41, 5.74) is 1.84. The SMILES string of the molecule is Cn1c(=O)oc2ccc(C(=O)CC3CCNC3)cc21. The highest BCUT2D eigenvalue weighted by atomic mass is 16.4. The highest BCUT2D eigenvalue weighted by molar-refractivity contribution is 5.98. The second-order valence-corrected chi connectivity index (χ2v) is 5.10. The van der Waals surface area contributed by atoms with Crippen molar-refractivity contribution in [3.63, 3.8) is 0 Å². The van der Waals surface area contributed by atoms with Gasteiger partial charge in [-0.2, -0.15) is 0 Å². The van der Waals surface area contributed by atoms with Gasteiger partial charge in [-0.15, -0.1) is 0 Å². The van der Waals surface area contributed by atoms with Gasteiger partial charge in [0.15, 0.2) is 11.4 Å². The third-order valence-electron chi connectivity index (χ3n) is 3.75. The Hall–Kier alpha value is -1.88. The first-order valence-electron chi connectivity index (χ1n) is 6.48. The second kappa shape index (κ2) is 4.66. The summed E-state index contributed by atoms with van der Waals surface area (Å²) in [6.07, 6.45) is 1.61. The van der Waals surface area contributed by atoms with E-state index in [-0.39, 0.29) is 5.78 Å². The van der Waals surface area contributed by atoms with E-state index in [2.05, 4.69) is 5.32 Å². The minimum Gasteiger partial charge on any atom is -0.408 e. The number of carbonyl (C=O) groups excluding carboxylic acids is 1. The molecule has 1 saturated heterocycles. The zero-order chi connectivity index (χ0) is 13.4. The zero-order valence-electron chi connectivity index (χ0n) is 10.8. The maximum Gasteiger partial charge on any atom is 0.419 e. The number of hydrogen-bond donors (Lipinski definition) is 1. The molecule has 2 aromatic rings. The number of benzene rings is 1. The highest BCUT2D eigenvalue weighted by Gasteiger charge is 2.19. The first-order valence-corrected chi connectivity index (χ1v) is 6.48. The highest BCUT2D eigenvalue weighted by Crippen LogP contribution is 2.19. The molecule has 19 heavy (non-hydrogen) atoms. The third kappa shape index (κ3) is 2.21. The normalized spacial score (nSPS) is 19.1. The number of nitrogens with one attached hydrogen (secondary N) is 1. The van der Waals surface area contributed by atoms with Crippen LogP contribution in [0.1, 0.15) is 23.2 Å². The van der Waals surface area contributed by atoms with E-state index in [1.807, 2.05) is 0 Å². The van der Waals surface area contributed by atoms with Crippen molar-refractivity contribution < 1.29 is 9.21 Å². The van der Waals surface area contributed by atoms with Crippen LogP contribution in [0.25, 0.3) is 11.1 Å². The molecule has 1 unspecified atom stereocenters. The smallest absolute Gasteiger partial charge is 0.408 e. The van der Waals surface area contributed by atoms with Gasteiger partial charge in [-0.1, -0.05) is 0 Å². The van der Waals surface area contributed by atoms with Crippen molar-refractivity contribution in [1.29, 1.82) is 0 Å². The molecule has 1 aliphatic rings. The molecule has 5 heteroatoms. The number of carbonyl (C=O) groups is 1. The van der Waals surface area contributed by atoms with E-state index in [1.165, 1.54) is 4.57 Å². The number of hydrogen-bond acceptors (Lipinski definition) is 4. The molecule has 1 fully saturated rings. The van der Waals surface area contributed by atoms with Gasteiger partial charge in [-0.3, -0.25) is 9.36 Å². The largest absolute Gasteiger partial charge is 0.419 e. The molecular formula is C14H16N2O3. The van der Waals surface area contributed by atoms with Crippen LogP contribution < -0.4 is 11.1 Å². The Morgan fingerprint density at radius 1 is 1.53 bits per heavy atom. The van der Waals surface area contributed by atoms with Crippen molar-refractivity contribution in [2.75, 3.05) is 13.1 Å². The third-order valence-corrected chi connectivity index (χ3v) is 3.75. The zero-order valence-corrected chi connectivity index (χ0v) is 10.8. The lowest BCUT2D eigenvalue weighted by atomic mass is 9.97. The summed E-state index contributed by atoms with van der Waals surface area (Å²) in [7, 11) is 1.64. The number of rotatable bonds is 3. The number of nitrogens with zero attached hydrogens (tertiary/aromatic N) is 1. The Morgan fingerprint density at radius 3 is 3.11 bits per heavy atom. The summed E-state index contributed by atoms with van der Waals surface area (Å²) in [6, 6.07) is 5.16. The van der Waals surface area contributed by atoms with Crippen LogP contribution >= 0.6 is 0 Å². The summed E-state index contributed by atoms with van der Waals surface area (Å²) in [5.74, 6) is 0.153. The molecule has 0 aliphatic carbocycles. The average Bonchev–Trinajstić information content (AvgIpc) is 2.99. The summed E-state index contributed by atoms with van der Waals surface area (Å²) >= 11 is 0. The monoisotopic (exact) mass is 260 g/mol. The molecule has 0 bridgehead atoms. The number of ketones is 1. The van der Waals surface area contributed by atoms with Gasteiger partial charge >= 0.3 is 5.76 Å². The van der Waals surface area contributed by atoms with E-state index in [0.717, 1.165) is 19.5 Å². The molecule has 5 nitrogen and oxygen atoms in total. The van der Waals surface area contributed by atoms with Crippen LogP contribution in [0.4, 0.5) is 0 Å². The number of aromatic nitrogens is 1. The summed E-state index contributed by atoms with van der Waals surface area (Å²) < 4.78 is 6.47. The minimum absolute atomic E-state index is 0.129. The fourth-order valence-corrected chi connectivity index (χ4v) is 2.57. The van der Waals surface area contributed by atoms with Gasteiger partial charge in [0, 0.05) is 19.0 Å². The Bertz CT molecular complexity index is 678. The number of aryl methyl sites for hydroxylation is 1. The summed E-state index contributed by atoms with van der Waals surface area (Å²) in [6.45, 7) is 1.91. The maximum atomic E-state index is 12.2. The molecule has 0 amide bonds. The molecule has 0 saturated carbocycles. The van der Waals surface area contributed by atoms with Gasteiger partial charge in [0.25, 0.3) is 0 Å². The lowest BCUT2D eigenvalue weighted by molar-refractivity contribution is 0.0964. The number of fused-ring (bicyclic) bond motifs is 1. The molecule has 1 aromatic heterocycles. The lowest BCUT2D eigenvalue weighted by Crippen LogP contribution is -2.13. The van der Waals surface area contributed by atoms with Crippen LogP contribution in [-0.2, 0) is 7.05 Å². The van der Waals surface area contributed by atoms with Crippen LogP contribution in [0.3, 0.4) is 0 Å². The van der Waals surface area contributed by atoms with E-state index in [9.17, 15) is 9.59 Å². The van der Waals surface area contributed by atoms with Crippen molar-refractivity contribution in [3.8, 4) is 0 Å². The van der Waals surface area contributed by atoms with E-state index < -0.39 is 5.76 Å². The van der Waals surface area contributed by atoms with Gasteiger partial charge in [0.1, 0.15) is 0 Å². The summed E-state index contributed by atoms with van der Waals surface area (Å²) in [4.78, 5) is 23.6. The van der Waals surface area contributed by atoms with Gasteiger partial charge in [0.2, 0.25) is 0 Å². The van der Waals surface area contributed by atoms with Crippen molar-refractivity contribution in [2.24, 2.45) is 13.0 Å². The fraction of sp³-hybridized carbons (Fsp3) is 0.429. The molecule has 1 atom stereocenters.